The highest BCUT2D eigenvalue weighted by Crippen LogP contribution is 2.19. The van der Waals surface area contributed by atoms with Crippen LogP contribution in [-0.4, -0.2) is 0 Å². The minimum atomic E-state index is 0.116. The summed E-state index contributed by atoms with van der Waals surface area (Å²) < 4.78 is 5.76. The van der Waals surface area contributed by atoms with Gasteiger partial charge in [0.25, 0.3) is 0 Å². The molecule has 0 spiro atoms. The molecule has 0 fully saturated rings. The monoisotopic (exact) mass is 242 g/mol. The number of nitrogens with two attached hydrogens (primary N) is 1. The van der Waals surface area contributed by atoms with Crippen molar-refractivity contribution in [3.63, 3.8) is 0 Å². The lowest BCUT2D eigenvalue weighted by atomic mass is 10.1. The van der Waals surface area contributed by atoms with Gasteiger partial charge in [-0.3, -0.25) is 11.3 Å². The number of ether oxygens (including phenoxy) is 1. The van der Waals surface area contributed by atoms with E-state index >= 15 is 0 Å². The molecule has 94 valence electrons. The van der Waals surface area contributed by atoms with Crippen molar-refractivity contribution in [1.82, 2.24) is 5.43 Å². The van der Waals surface area contributed by atoms with Crippen molar-refractivity contribution in [2.75, 3.05) is 0 Å². The maximum atomic E-state index is 5.76. The van der Waals surface area contributed by atoms with E-state index < -0.39 is 0 Å². The van der Waals surface area contributed by atoms with Crippen LogP contribution < -0.4 is 16.0 Å². The first kappa shape index (κ1) is 12.6. The van der Waals surface area contributed by atoms with Gasteiger partial charge in [-0.15, -0.1) is 0 Å². The third-order valence-corrected chi connectivity index (χ3v) is 2.86. The molecule has 1 atom stereocenters. The van der Waals surface area contributed by atoms with Gasteiger partial charge in [-0.2, -0.15) is 0 Å². The lowest BCUT2D eigenvalue weighted by Gasteiger charge is -2.12. The summed E-state index contributed by atoms with van der Waals surface area (Å²) in [5.41, 5.74) is 5.00. The van der Waals surface area contributed by atoms with Crippen molar-refractivity contribution >= 4 is 0 Å². The van der Waals surface area contributed by atoms with Crippen LogP contribution in [0, 0.1) is 0 Å². The standard InChI is InChI=1S/C15H18N2O/c1-12(17-16)14-8-5-9-15(10-14)18-11-13-6-3-2-4-7-13/h2-10,12,17H,11,16H2,1H3. The molecule has 0 radical (unpaired) electrons. The third kappa shape index (κ3) is 3.32. The number of hydrogen-bond donors (Lipinski definition) is 2. The van der Waals surface area contributed by atoms with E-state index in [-0.39, 0.29) is 6.04 Å². The Hall–Kier alpha value is -1.84. The fourth-order valence-corrected chi connectivity index (χ4v) is 1.71. The van der Waals surface area contributed by atoms with E-state index in [0.717, 1.165) is 16.9 Å². The first-order chi connectivity index (χ1) is 8.79. The molecule has 0 bridgehead atoms. The number of hydrogen-bond acceptors (Lipinski definition) is 3. The molecule has 1 unspecified atom stereocenters. The first-order valence-corrected chi connectivity index (χ1v) is 6.02. The Kier molecular flexibility index (Phi) is 4.34. The van der Waals surface area contributed by atoms with Crippen LogP contribution in [0.2, 0.25) is 0 Å². The number of benzene rings is 2. The predicted molar refractivity (Wildman–Crippen MR) is 73.0 cm³/mol. The molecule has 18 heavy (non-hydrogen) atoms. The second kappa shape index (κ2) is 6.19. The lowest BCUT2D eigenvalue weighted by Crippen LogP contribution is -2.25. The normalized spacial score (nSPS) is 12.1. The van der Waals surface area contributed by atoms with Gasteiger partial charge in [-0.1, -0.05) is 42.5 Å². The van der Waals surface area contributed by atoms with Crippen LogP contribution in [0.3, 0.4) is 0 Å². The van der Waals surface area contributed by atoms with Gasteiger partial charge in [-0.25, -0.2) is 0 Å². The van der Waals surface area contributed by atoms with Crippen molar-refractivity contribution in [1.29, 1.82) is 0 Å². The van der Waals surface area contributed by atoms with E-state index in [1.165, 1.54) is 0 Å². The van der Waals surface area contributed by atoms with Gasteiger partial charge in [0, 0.05) is 6.04 Å². The molecule has 0 saturated carbocycles. The minimum absolute atomic E-state index is 0.116. The summed E-state index contributed by atoms with van der Waals surface area (Å²) in [7, 11) is 0. The quantitative estimate of drug-likeness (QED) is 0.626. The van der Waals surface area contributed by atoms with E-state index in [1.807, 2.05) is 61.5 Å². The third-order valence-electron chi connectivity index (χ3n) is 2.86. The summed E-state index contributed by atoms with van der Waals surface area (Å²) in [4.78, 5) is 0. The van der Waals surface area contributed by atoms with Crippen molar-refractivity contribution in [3.05, 3.63) is 65.7 Å². The van der Waals surface area contributed by atoms with Crippen LogP contribution in [0.25, 0.3) is 0 Å². The van der Waals surface area contributed by atoms with Crippen LogP contribution in [-0.2, 0) is 6.61 Å². The Bertz CT molecular complexity index is 485. The Balaban J connectivity index is 2.01. The Labute approximate surface area is 108 Å². The fraction of sp³-hybridized carbons (Fsp3) is 0.200. The average Bonchev–Trinajstić information content (AvgIpc) is 2.45. The minimum Gasteiger partial charge on any atom is -0.489 e. The summed E-state index contributed by atoms with van der Waals surface area (Å²) in [6.45, 7) is 2.59. The molecule has 0 saturated heterocycles. The van der Waals surface area contributed by atoms with Gasteiger partial charge in [-0.05, 0) is 30.2 Å². The Morgan fingerprint density at radius 2 is 1.89 bits per heavy atom. The van der Waals surface area contributed by atoms with Crippen LogP contribution in [0.15, 0.2) is 54.6 Å². The largest absolute Gasteiger partial charge is 0.489 e. The molecule has 3 nitrogen and oxygen atoms in total. The zero-order valence-corrected chi connectivity index (χ0v) is 10.5. The smallest absolute Gasteiger partial charge is 0.120 e. The van der Waals surface area contributed by atoms with Gasteiger partial charge in [0.2, 0.25) is 0 Å². The maximum Gasteiger partial charge on any atom is 0.120 e. The highest BCUT2D eigenvalue weighted by atomic mass is 16.5. The number of nitrogens with one attached hydrogen (secondary N) is 1. The Morgan fingerprint density at radius 3 is 2.61 bits per heavy atom. The second-order valence-corrected chi connectivity index (χ2v) is 4.24. The molecule has 0 aliphatic heterocycles. The van der Waals surface area contributed by atoms with Crippen LogP contribution >= 0.6 is 0 Å². The van der Waals surface area contributed by atoms with Gasteiger partial charge < -0.3 is 4.74 Å². The van der Waals surface area contributed by atoms with Crippen molar-refractivity contribution in [2.24, 2.45) is 5.84 Å². The highest BCUT2D eigenvalue weighted by molar-refractivity contribution is 5.30. The van der Waals surface area contributed by atoms with E-state index in [4.69, 9.17) is 10.6 Å². The van der Waals surface area contributed by atoms with Crippen LogP contribution in [0.4, 0.5) is 0 Å². The number of rotatable bonds is 5. The molecule has 2 aromatic rings. The Morgan fingerprint density at radius 1 is 1.11 bits per heavy atom. The molecule has 3 heteroatoms. The molecule has 0 aromatic heterocycles. The molecule has 0 heterocycles. The molecule has 2 rings (SSSR count). The van der Waals surface area contributed by atoms with Gasteiger partial charge in [0.15, 0.2) is 0 Å². The zero-order chi connectivity index (χ0) is 12.8. The van der Waals surface area contributed by atoms with Crippen molar-refractivity contribution in [2.45, 2.75) is 19.6 Å². The topological polar surface area (TPSA) is 47.3 Å². The second-order valence-electron chi connectivity index (χ2n) is 4.24. The molecule has 2 aromatic carbocycles. The first-order valence-electron chi connectivity index (χ1n) is 6.02. The lowest BCUT2D eigenvalue weighted by molar-refractivity contribution is 0.305. The highest BCUT2D eigenvalue weighted by Gasteiger charge is 2.04. The van der Waals surface area contributed by atoms with Crippen molar-refractivity contribution in [3.8, 4) is 5.75 Å². The SMILES string of the molecule is CC(NN)c1cccc(OCc2ccccc2)c1. The molecule has 0 aliphatic carbocycles. The van der Waals surface area contributed by atoms with E-state index in [1.54, 1.807) is 0 Å². The van der Waals surface area contributed by atoms with E-state index in [0.29, 0.717) is 6.61 Å². The number of hydrazine groups is 1. The zero-order valence-electron chi connectivity index (χ0n) is 10.5. The van der Waals surface area contributed by atoms with Crippen LogP contribution in [0.5, 0.6) is 5.75 Å². The summed E-state index contributed by atoms with van der Waals surface area (Å²) >= 11 is 0. The summed E-state index contributed by atoms with van der Waals surface area (Å²) in [6.07, 6.45) is 0. The average molecular weight is 242 g/mol. The summed E-state index contributed by atoms with van der Waals surface area (Å²) in [5.74, 6) is 6.29. The maximum absolute atomic E-state index is 5.76. The molecule has 0 aliphatic rings. The van der Waals surface area contributed by atoms with Gasteiger partial charge >= 0.3 is 0 Å². The fourth-order valence-electron chi connectivity index (χ4n) is 1.71. The summed E-state index contributed by atoms with van der Waals surface area (Å²) in [5, 5.41) is 0. The molecular formula is C15H18N2O. The van der Waals surface area contributed by atoms with E-state index in [9.17, 15) is 0 Å². The van der Waals surface area contributed by atoms with Gasteiger partial charge in [0.05, 0.1) is 0 Å². The molecule has 3 N–H and O–H groups in total. The summed E-state index contributed by atoms with van der Waals surface area (Å²) in [6, 6.07) is 18.2. The predicted octanol–water partition coefficient (Wildman–Crippen LogP) is 2.79. The van der Waals surface area contributed by atoms with Crippen LogP contribution in [0.1, 0.15) is 24.1 Å². The van der Waals surface area contributed by atoms with Crippen molar-refractivity contribution < 1.29 is 4.74 Å². The van der Waals surface area contributed by atoms with E-state index in [2.05, 4.69) is 5.43 Å². The van der Waals surface area contributed by atoms with Gasteiger partial charge in [0.1, 0.15) is 12.4 Å². The molecule has 0 amide bonds. The molecular weight excluding hydrogens is 224 g/mol.